The van der Waals surface area contributed by atoms with Crippen LogP contribution in [0.2, 0.25) is 0 Å². The maximum atomic E-state index is 12.5. The highest BCUT2D eigenvalue weighted by atomic mass is 32.2. The van der Waals surface area contributed by atoms with Crippen LogP contribution < -0.4 is 5.32 Å². The van der Waals surface area contributed by atoms with Crippen LogP contribution in [0.1, 0.15) is 37.8 Å². The summed E-state index contributed by atoms with van der Waals surface area (Å²) in [4.78, 5) is 1.00. The summed E-state index contributed by atoms with van der Waals surface area (Å²) in [5.74, 6) is 1.27. The van der Waals surface area contributed by atoms with Crippen LogP contribution in [0, 0.1) is 5.92 Å². The second-order valence-electron chi connectivity index (χ2n) is 5.58. The van der Waals surface area contributed by atoms with Crippen LogP contribution in [-0.2, 0) is 23.6 Å². The summed E-state index contributed by atoms with van der Waals surface area (Å²) in [7, 11) is 1.08. The minimum atomic E-state index is -0.890. The Labute approximate surface area is 119 Å². The first kappa shape index (κ1) is 14.7. The van der Waals surface area contributed by atoms with Crippen molar-refractivity contribution < 1.29 is 4.21 Å². The van der Waals surface area contributed by atoms with Crippen molar-refractivity contribution in [1.29, 1.82) is 0 Å². The zero-order valence-electron chi connectivity index (χ0n) is 12.2. The van der Waals surface area contributed by atoms with Crippen molar-refractivity contribution in [2.75, 3.05) is 12.8 Å². The summed E-state index contributed by atoms with van der Waals surface area (Å²) >= 11 is 0. The second kappa shape index (κ2) is 6.67. The SMILES string of the molecule is CCC(C)C(CS(=O)c1ccc2c(c1)CCC2)NC. The van der Waals surface area contributed by atoms with E-state index in [1.807, 2.05) is 7.05 Å². The molecule has 0 saturated carbocycles. The van der Waals surface area contributed by atoms with Gasteiger partial charge in [-0.2, -0.15) is 0 Å². The largest absolute Gasteiger partial charge is 0.316 e. The maximum absolute atomic E-state index is 12.5. The molecule has 2 nitrogen and oxygen atoms in total. The summed E-state index contributed by atoms with van der Waals surface area (Å²) < 4.78 is 12.5. The predicted octanol–water partition coefficient (Wildman–Crippen LogP) is 2.92. The second-order valence-corrected chi connectivity index (χ2v) is 7.07. The highest BCUT2D eigenvalue weighted by molar-refractivity contribution is 7.85. The molecule has 1 aliphatic carbocycles. The van der Waals surface area contributed by atoms with Gasteiger partial charge in [0, 0.05) is 16.7 Å². The van der Waals surface area contributed by atoms with Gasteiger partial charge in [0.15, 0.2) is 0 Å². The Morgan fingerprint density at radius 2 is 2.05 bits per heavy atom. The number of aryl methyl sites for hydroxylation is 2. The Morgan fingerprint density at radius 1 is 1.32 bits per heavy atom. The van der Waals surface area contributed by atoms with Crippen molar-refractivity contribution in [2.24, 2.45) is 5.92 Å². The number of hydrogen-bond acceptors (Lipinski definition) is 2. The van der Waals surface area contributed by atoms with Gasteiger partial charge in [0.25, 0.3) is 0 Å². The van der Waals surface area contributed by atoms with Crippen LogP contribution in [0.25, 0.3) is 0 Å². The number of rotatable bonds is 6. The van der Waals surface area contributed by atoms with Gasteiger partial charge in [-0.1, -0.05) is 26.3 Å². The lowest BCUT2D eigenvalue weighted by atomic mass is 10.0. The van der Waals surface area contributed by atoms with Gasteiger partial charge in [-0.15, -0.1) is 0 Å². The summed E-state index contributed by atoms with van der Waals surface area (Å²) in [6, 6.07) is 6.73. The predicted molar refractivity (Wildman–Crippen MR) is 82.0 cm³/mol. The molecule has 3 atom stereocenters. The van der Waals surface area contributed by atoms with Crippen molar-refractivity contribution in [3.63, 3.8) is 0 Å². The summed E-state index contributed by atoms with van der Waals surface area (Å²) in [5, 5.41) is 3.31. The number of benzene rings is 1. The molecule has 1 N–H and O–H groups in total. The molecule has 0 aliphatic heterocycles. The van der Waals surface area contributed by atoms with E-state index in [9.17, 15) is 4.21 Å². The van der Waals surface area contributed by atoms with E-state index in [1.165, 1.54) is 24.0 Å². The summed E-state index contributed by atoms with van der Waals surface area (Å²) in [6.07, 6.45) is 4.71. The third-order valence-electron chi connectivity index (χ3n) is 4.37. The molecule has 3 unspecified atom stereocenters. The Balaban J connectivity index is 2.07. The first-order chi connectivity index (χ1) is 9.15. The molecule has 0 saturated heterocycles. The lowest BCUT2D eigenvalue weighted by Gasteiger charge is -2.22. The van der Waals surface area contributed by atoms with E-state index >= 15 is 0 Å². The van der Waals surface area contributed by atoms with Crippen molar-refractivity contribution in [2.45, 2.75) is 50.5 Å². The Kier molecular flexibility index (Phi) is 5.17. The first-order valence-electron chi connectivity index (χ1n) is 7.33. The van der Waals surface area contributed by atoms with Crippen LogP contribution >= 0.6 is 0 Å². The van der Waals surface area contributed by atoms with Gasteiger partial charge in [-0.3, -0.25) is 4.21 Å². The Hall–Kier alpha value is -0.670. The van der Waals surface area contributed by atoms with Crippen LogP contribution in [0.15, 0.2) is 23.1 Å². The van der Waals surface area contributed by atoms with Crippen molar-refractivity contribution >= 4 is 10.8 Å². The fourth-order valence-corrected chi connectivity index (χ4v) is 4.27. The fourth-order valence-electron chi connectivity index (χ4n) is 2.77. The van der Waals surface area contributed by atoms with Crippen molar-refractivity contribution in [3.05, 3.63) is 29.3 Å². The molecule has 3 heteroatoms. The van der Waals surface area contributed by atoms with Gasteiger partial charge in [-0.25, -0.2) is 0 Å². The maximum Gasteiger partial charge on any atom is 0.0545 e. The quantitative estimate of drug-likeness (QED) is 0.867. The summed E-state index contributed by atoms with van der Waals surface area (Å²) in [5.41, 5.74) is 2.86. The lowest BCUT2D eigenvalue weighted by molar-refractivity contribution is 0.418. The van der Waals surface area contributed by atoms with E-state index in [-0.39, 0.29) is 0 Å². The van der Waals surface area contributed by atoms with E-state index in [0.717, 1.165) is 17.7 Å². The molecule has 0 spiro atoms. The third kappa shape index (κ3) is 3.46. The van der Waals surface area contributed by atoms with E-state index in [2.05, 4.69) is 37.4 Å². The molecule has 0 amide bonds. The van der Waals surface area contributed by atoms with Gasteiger partial charge in [0.2, 0.25) is 0 Å². The Bertz CT molecular complexity index is 458. The zero-order chi connectivity index (χ0) is 13.8. The molecule has 1 aliphatic rings. The molecule has 0 radical (unpaired) electrons. The average Bonchev–Trinajstić information content (AvgIpc) is 2.90. The van der Waals surface area contributed by atoms with Crippen LogP contribution in [0.4, 0.5) is 0 Å². The molecule has 19 heavy (non-hydrogen) atoms. The normalized spacial score (nSPS) is 18.9. The molecule has 0 bridgehead atoms. The monoisotopic (exact) mass is 279 g/mol. The minimum absolute atomic E-state index is 0.332. The highest BCUT2D eigenvalue weighted by Gasteiger charge is 2.19. The van der Waals surface area contributed by atoms with Gasteiger partial charge < -0.3 is 5.32 Å². The molecular weight excluding hydrogens is 254 g/mol. The van der Waals surface area contributed by atoms with Crippen LogP contribution in [0.5, 0.6) is 0 Å². The molecule has 2 rings (SSSR count). The van der Waals surface area contributed by atoms with E-state index in [1.54, 1.807) is 0 Å². The molecule has 0 heterocycles. The topological polar surface area (TPSA) is 29.1 Å². The van der Waals surface area contributed by atoms with Crippen molar-refractivity contribution in [1.82, 2.24) is 5.32 Å². The highest BCUT2D eigenvalue weighted by Crippen LogP contribution is 2.24. The number of nitrogens with one attached hydrogen (secondary N) is 1. The lowest BCUT2D eigenvalue weighted by Crippen LogP contribution is -2.36. The van der Waals surface area contributed by atoms with Crippen molar-refractivity contribution in [3.8, 4) is 0 Å². The van der Waals surface area contributed by atoms with Gasteiger partial charge in [0.05, 0.1) is 10.8 Å². The molecule has 1 aromatic rings. The standard InChI is InChI=1S/C16H25NOS/c1-4-12(2)16(17-3)11-19(18)15-9-8-13-6-5-7-14(13)10-15/h8-10,12,16-17H,4-7,11H2,1-3H3. The molecule has 0 fully saturated rings. The first-order valence-corrected chi connectivity index (χ1v) is 8.65. The van der Waals surface area contributed by atoms with Crippen LogP contribution in [0.3, 0.4) is 0 Å². The smallest absolute Gasteiger partial charge is 0.0545 e. The Morgan fingerprint density at radius 3 is 2.74 bits per heavy atom. The molecule has 1 aromatic carbocycles. The fraction of sp³-hybridized carbons (Fsp3) is 0.625. The van der Waals surface area contributed by atoms with E-state index in [0.29, 0.717) is 17.7 Å². The molecule has 0 aromatic heterocycles. The van der Waals surface area contributed by atoms with Gasteiger partial charge in [0.1, 0.15) is 0 Å². The zero-order valence-corrected chi connectivity index (χ0v) is 13.1. The van der Waals surface area contributed by atoms with E-state index in [4.69, 9.17) is 0 Å². The number of hydrogen-bond donors (Lipinski definition) is 1. The minimum Gasteiger partial charge on any atom is -0.316 e. The van der Waals surface area contributed by atoms with Gasteiger partial charge >= 0.3 is 0 Å². The summed E-state index contributed by atoms with van der Waals surface area (Å²) in [6.45, 7) is 4.41. The molecule has 106 valence electrons. The van der Waals surface area contributed by atoms with E-state index < -0.39 is 10.8 Å². The van der Waals surface area contributed by atoms with Gasteiger partial charge in [-0.05, 0) is 55.5 Å². The molecular formula is C16H25NOS. The third-order valence-corrected chi connectivity index (χ3v) is 5.81. The van der Waals surface area contributed by atoms with Crippen LogP contribution in [-0.4, -0.2) is 23.1 Å². The number of fused-ring (bicyclic) bond motifs is 1. The average molecular weight is 279 g/mol.